The van der Waals surface area contributed by atoms with Gasteiger partial charge in [-0.3, -0.25) is 0 Å². The van der Waals surface area contributed by atoms with Crippen LogP contribution in [0.3, 0.4) is 0 Å². The molecule has 1 heterocycles. The lowest BCUT2D eigenvalue weighted by atomic mass is 10.0. The summed E-state index contributed by atoms with van der Waals surface area (Å²) >= 11 is 0. The van der Waals surface area contributed by atoms with Crippen LogP contribution in [0.25, 0.3) is 0 Å². The Morgan fingerprint density at radius 2 is 2.12 bits per heavy atom. The highest BCUT2D eigenvalue weighted by atomic mass is 19.4. The predicted molar refractivity (Wildman–Crippen MR) is 58.7 cm³/mol. The van der Waals surface area contributed by atoms with E-state index in [1.54, 1.807) is 6.92 Å². The third-order valence-electron chi connectivity index (χ3n) is 2.95. The lowest BCUT2D eigenvalue weighted by molar-refractivity contribution is -0.140. The zero-order chi connectivity index (χ0) is 13.1. The first-order valence-electron chi connectivity index (χ1n) is 5.94. The second-order valence-corrected chi connectivity index (χ2v) is 4.61. The molecule has 0 aliphatic carbocycles. The zero-order valence-corrected chi connectivity index (χ0v) is 10.3. The predicted octanol–water partition coefficient (Wildman–Crippen LogP) is 2.72. The van der Waals surface area contributed by atoms with Crippen molar-refractivity contribution in [2.24, 2.45) is 5.92 Å². The van der Waals surface area contributed by atoms with Crippen LogP contribution in [0, 0.1) is 5.92 Å². The number of halogens is 3. The molecule has 2 amide bonds. The van der Waals surface area contributed by atoms with E-state index in [0.717, 1.165) is 17.7 Å². The number of hydrogen-bond donors (Lipinski definition) is 0. The van der Waals surface area contributed by atoms with Crippen LogP contribution < -0.4 is 0 Å². The van der Waals surface area contributed by atoms with Crippen LogP contribution in [-0.4, -0.2) is 48.2 Å². The van der Waals surface area contributed by atoms with Crippen LogP contribution in [0.5, 0.6) is 0 Å². The molecule has 1 atom stereocenters. The van der Waals surface area contributed by atoms with E-state index >= 15 is 0 Å². The van der Waals surface area contributed by atoms with Gasteiger partial charge < -0.3 is 9.80 Å². The first kappa shape index (κ1) is 14.1. The summed E-state index contributed by atoms with van der Waals surface area (Å²) in [5, 5.41) is 0. The van der Waals surface area contributed by atoms with Crippen molar-refractivity contribution in [2.45, 2.75) is 32.9 Å². The molecule has 0 aromatic carbocycles. The molecule has 1 aliphatic heterocycles. The fourth-order valence-electron chi connectivity index (χ4n) is 2.09. The molecule has 0 radical (unpaired) electrons. The summed E-state index contributed by atoms with van der Waals surface area (Å²) < 4.78 is 36.9. The molecule has 3 nitrogen and oxygen atoms in total. The van der Waals surface area contributed by atoms with Crippen molar-refractivity contribution in [3.8, 4) is 0 Å². The Morgan fingerprint density at radius 3 is 2.59 bits per heavy atom. The standard InChI is InChI=1S/C11H19F3N2O/c1-3-15(8-11(12,13)14)10(17)16-6-4-5-9(2)7-16/h9H,3-8H2,1-2H3. The maximum absolute atomic E-state index is 12.3. The number of carbonyl (C=O) groups excluding carboxylic acids is 1. The quantitative estimate of drug-likeness (QED) is 0.741. The molecular weight excluding hydrogens is 233 g/mol. The van der Waals surface area contributed by atoms with Gasteiger partial charge in [-0.05, 0) is 25.7 Å². The largest absolute Gasteiger partial charge is 0.406 e. The maximum atomic E-state index is 12.3. The minimum absolute atomic E-state index is 0.0865. The molecule has 1 saturated heterocycles. The fraction of sp³-hybridized carbons (Fsp3) is 0.909. The smallest absolute Gasteiger partial charge is 0.324 e. The number of amides is 2. The van der Waals surface area contributed by atoms with E-state index in [9.17, 15) is 18.0 Å². The molecule has 0 spiro atoms. The van der Waals surface area contributed by atoms with Gasteiger partial charge >= 0.3 is 12.2 Å². The molecule has 0 N–H and O–H groups in total. The van der Waals surface area contributed by atoms with Crippen LogP contribution in [0.1, 0.15) is 26.7 Å². The van der Waals surface area contributed by atoms with Crippen molar-refractivity contribution in [3.63, 3.8) is 0 Å². The first-order chi connectivity index (χ1) is 7.83. The van der Waals surface area contributed by atoms with E-state index in [1.807, 2.05) is 6.92 Å². The number of piperidine rings is 1. The number of rotatable bonds is 2. The van der Waals surface area contributed by atoms with Crippen molar-refractivity contribution in [3.05, 3.63) is 0 Å². The summed E-state index contributed by atoms with van der Waals surface area (Å²) in [5.41, 5.74) is 0. The zero-order valence-electron chi connectivity index (χ0n) is 10.3. The topological polar surface area (TPSA) is 23.6 Å². The van der Waals surface area contributed by atoms with Crippen LogP contribution in [0.15, 0.2) is 0 Å². The van der Waals surface area contributed by atoms with Crippen molar-refractivity contribution in [2.75, 3.05) is 26.2 Å². The maximum Gasteiger partial charge on any atom is 0.406 e. The lowest BCUT2D eigenvalue weighted by Crippen LogP contribution is -2.49. The van der Waals surface area contributed by atoms with E-state index < -0.39 is 18.8 Å². The van der Waals surface area contributed by atoms with E-state index in [4.69, 9.17) is 0 Å². The van der Waals surface area contributed by atoms with Crippen molar-refractivity contribution >= 4 is 6.03 Å². The number of carbonyl (C=O) groups is 1. The van der Waals surface area contributed by atoms with Crippen molar-refractivity contribution in [1.29, 1.82) is 0 Å². The first-order valence-corrected chi connectivity index (χ1v) is 5.94. The normalized spacial score (nSPS) is 21.5. The van der Waals surface area contributed by atoms with Crippen molar-refractivity contribution < 1.29 is 18.0 Å². The number of nitrogens with zero attached hydrogens (tertiary/aromatic N) is 2. The van der Waals surface area contributed by atoms with Crippen LogP contribution in [0.2, 0.25) is 0 Å². The molecule has 1 fully saturated rings. The molecule has 0 bridgehead atoms. The SMILES string of the molecule is CCN(CC(F)(F)F)C(=O)N1CCCC(C)C1. The fourth-order valence-corrected chi connectivity index (χ4v) is 2.09. The Morgan fingerprint density at radius 1 is 1.47 bits per heavy atom. The Bertz CT molecular complexity index is 268. The average Bonchev–Trinajstić information content (AvgIpc) is 2.23. The molecule has 1 aliphatic rings. The Labute approximate surface area is 99.6 Å². The molecule has 6 heteroatoms. The van der Waals surface area contributed by atoms with Gasteiger partial charge in [0.2, 0.25) is 0 Å². The molecule has 100 valence electrons. The summed E-state index contributed by atoms with van der Waals surface area (Å²) in [6.07, 6.45) is -2.42. The molecule has 0 saturated carbocycles. The molecular formula is C11H19F3N2O. The van der Waals surface area contributed by atoms with E-state index in [1.165, 1.54) is 4.90 Å². The third-order valence-corrected chi connectivity index (χ3v) is 2.95. The molecule has 0 aromatic rings. The van der Waals surface area contributed by atoms with Gasteiger partial charge in [0.05, 0.1) is 0 Å². The minimum atomic E-state index is -4.33. The second-order valence-electron chi connectivity index (χ2n) is 4.61. The molecule has 0 aromatic heterocycles. The summed E-state index contributed by atoms with van der Waals surface area (Å²) in [4.78, 5) is 14.3. The van der Waals surface area contributed by atoms with E-state index in [0.29, 0.717) is 19.0 Å². The Kier molecular flexibility index (Phi) is 4.65. The van der Waals surface area contributed by atoms with Gasteiger partial charge in [0.1, 0.15) is 6.54 Å². The van der Waals surface area contributed by atoms with Crippen LogP contribution >= 0.6 is 0 Å². The third kappa shape index (κ3) is 4.44. The molecule has 1 unspecified atom stereocenters. The van der Waals surface area contributed by atoms with Gasteiger partial charge in [-0.25, -0.2) is 4.79 Å². The van der Waals surface area contributed by atoms with E-state index in [-0.39, 0.29) is 6.54 Å². The molecule has 17 heavy (non-hydrogen) atoms. The van der Waals surface area contributed by atoms with Gasteiger partial charge in [0.25, 0.3) is 0 Å². The van der Waals surface area contributed by atoms with Gasteiger partial charge in [-0.2, -0.15) is 13.2 Å². The van der Waals surface area contributed by atoms with Gasteiger partial charge in [-0.15, -0.1) is 0 Å². The van der Waals surface area contributed by atoms with Gasteiger partial charge in [0.15, 0.2) is 0 Å². The minimum Gasteiger partial charge on any atom is -0.324 e. The monoisotopic (exact) mass is 252 g/mol. The van der Waals surface area contributed by atoms with E-state index in [2.05, 4.69) is 0 Å². The number of likely N-dealkylation sites (tertiary alicyclic amines) is 1. The summed E-state index contributed by atoms with van der Waals surface area (Å²) in [7, 11) is 0. The number of alkyl halides is 3. The Balaban J connectivity index is 2.59. The highest BCUT2D eigenvalue weighted by Gasteiger charge is 2.34. The second kappa shape index (κ2) is 5.60. The highest BCUT2D eigenvalue weighted by molar-refractivity contribution is 5.74. The summed E-state index contributed by atoms with van der Waals surface area (Å²) in [5.74, 6) is 0.372. The number of hydrogen-bond acceptors (Lipinski definition) is 1. The van der Waals surface area contributed by atoms with Crippen molar-refractivity contribution in [1.82, 2.24) is 9.80 Å². The van der Waals surface area contributed by atoms with Gasteiger partial charge in [0, 0.05) is 19.6 Å². The highest BCUT2D eigenvalue weighted by Crippen LogP contribution is 2.20. The van der Waals surface area contributed by atoms with Crippen LogP contribution in [0.4, 0.5) is 18.0 Å². The van der Waals surface area contributed by atoms with Gasteiger partial charge in [-0.1, -0.05) is 6.92 Å². The average molecular weight is 252 g/mol. The number of urea groups is 1. The molecule has 1 rings (SSSR count). The lowest BCUT2D eigenvalue weighted by Gasteiger charge is -2.35. The summed E-state index contributed by atoms with van der Waals surface area (Å²) in [6.45, 7) is 3.64. The summed E-state index contributed by atoms with van der Waals surface area (Å²) in [6, 6.07) is -0.489. The van der Waals surface area contributed by atoms with Crippen LogP contribution in [-0.2, 0) is 0 Å². The Hall–Kier alpha value is -0.940.